The molecule has 0 aliphatic carbocycles. The van der Waals surface area contributed by atoms with E-state index < -0.39 is 11.6 Å². The van der Waals surface area contributed by atoms with Crippen molar-refractivity contribution in [2.45, 2.75) is 19.9 Å². The minimum absolute atomic E-state index is 0.144. The van der Waals surface area contributed by atoms with Crippen LogP contribution in [-0.4, -0.2) is 66.0 Å². The summed E-state index contributed by atoms with van der Waals surface area (Å²) >= 11 is 0. The van der Waals surface area contributed by atoms with E-state index in [1.165, 1.54) is 17.8 Å². The number of hydrogen-bond acceptors (Lipinski definition) is 4. The lowest BCUT2D eigenvalue weighted by Gasteiger charge is -2.37. The molecule has 6 nitrogen and oxygen atoms in total. The van der Waals surface area contributed by atoms with Crippen molar-refractivity contribution in [2.75, 3.05) is 33.2 Å². The zero-order valence-electron chi connectivity index (χ0n) is 15.6. The summed E-state index contributed by atoms with van der Waals surface area (Å²) in [5.41, 5.74) is 0.321. The fourth-order valence-corrected chi connectivity index (χ4v) is 3.43. The molecule has 3 rings (SSSR count). The van der Waals surface area contributed by atoms with Crippen LogP contribution in [0.25, 0.3) is 10.9 Å². The van der Waals surface area contributed by atoms with E-state index in [2.05, 4.69) is 23.7 Å². The summed E-state index contributed by atoms with van der Waals surface area (Å²) in [7, 11) is 1.46. The number of halogens is 2. The number of rotatable bonds is 2. The van der Waals surface area contributed by atoms with Gasteiger partial charge in [-0.25, -0.2) is 13.6 Å². The quantitative estimate of drug-likeness (QED) is 0.756. The average Bonchev–Trinajstić information content (AvgIpc) is 2.67. The van der Waals surface area contributed by atoms with Crippen molar-refractivity contribution in [3.05, 3.63) is 40.9 Å². The van der Waals surface area contributed by atoms with E-state index in [1.54, 1.807) is 4.90 Å². The Balaban J connectivity index is 2.10. The maximum atomic E-state index is 13.9. The van der Waals surface area contributed by atoms with Gasteiger partial charge in [0.2, 0.25) is 0 Å². The molecule has 1 aromatic heterocycles. The molecule has 1 amide bonds. The second-order valence-corrected chi connectivity index (χ2v) is 6.83. The summed E-state index contributed by atoms with van der Waals surface area (Å²) in [5, 5.41) is 0.447. The first-order chi connectivity index (χ1) is 12.9. The monoisotopic (exact) mass is 376 g/mol. The van der Waals surface area contributed by atoms with Gasteiger partial charge >= 0.3 is 6.03 Å². The lowest BCUT2D eigenvalue weighted by atomic mass is 10.1. The first kappa shape index (κ1) is 19.2. The molecule has 0 unspecified atom stereocenters. The molecule has 8 heteroatoms. The molecule has 2 heterocycles. The van der Waals surface area contributed by atoms with Gasteiger partial charge in [-0.1, -0.05) is 0 Å². The third kappa shape index (κ3) is 3.49. The molecule has 0 radical (unpaired) electrons. The van der Waals surface area contributed by atoms with Crippen LogP contribution in [0.4, 0.5) is 13.6 Å². The topological polar surface area (TPSA) is 57.9 Å². The number of amides is 1. The smallest absolute Gasteiger partial charge is 0.321 e. The minimum atomic E-state index is -1.06. The second-order valence-electron chi connectivity index (χ2n) is 6.83. The zero-order valence-corrected chi connectivity index (χ0v) is 15.6. The molecule has 2 aromatic rings. The summed E-state index contributed by atoms with van der Waals surface area (Å²) in [6, 6.07) is 1.96. The van der Waals surface area contributed by atoms with Crippen molar-refractivity contribution >= 4 is 23.2 Å². The number of carbonyl (C=O) groups is 2. The Morgan fingerprint density at radius 2 is 1.78 bits per heavy atom. The lowest BCUT2D eigenvalue weighted by molar-refractivity contribution is 0.112. The molecule has 1 saturated heterocycles. The van der Waals surface area contributed by atoms with E-state index >= 15 is 0 Å². The van der Waals surface area contributed by atoms with E-state index in [1.807, 2.05) is 0 Å². The van der Waals surface area contributed by atoms with Gasteiger partial charge < -0.3 is 4.90 Å². The van der Waals surface area contributed by atoms with Crippen LogP contribution in [0.5, 0.6) is 0 Å². The first-order valence-electron chi connectivity index (χ1n) is 8.83. The highest BCUT2D eigenvalue weighted by Crippen LogP contribution is 2.18. The van der Waals surface area contributed by atoms with Gasteiger partial charge in [-0.3, -0.25) is 19.3 Å². The number of pyridine rings is 1. The van der Waals surface area contributed by atoms with Crippen molar-refractivity contribution in [2.24, 2.45) is 4.99 Å². The molecule has 0 spiro atoms. The van der Waals surface area contributed by atoms with Gasteiger partial charge in [0, 0.05) is 56.9 Å². The highest BCUT2D eigenvalue weighted by molar-refractivity contribution is 5.93. The summed E-state index contributed by atoms with van der Waals surface area (Å²) < 4.78 is 28.9. The fraction of sp³-hybridized carbons (Fsp3) is 0.421. The summed E-state index contributed by atoms with van der Waals surface area (Å²) in [6.45, 7) is 6.69. The van der Waals surface area contributed by atoms with E-state index in [0.29, 0.717) is 25.4 Å². The summed E-state index contributed by atoms with van der Waals surface area (Å²) in [4.78, 5) is 32.5. The SMILES string of the molecule is CN=c1c(C=O)cn(C(=O)N2CCN(C(C)C)CC2)c2cc(F)c(F)cc12. The lowest BCUT2D eigenvalue weighted by Crippen LogP contribution is -2.51. The van der Waals surface area contributed by atoms with Crippen LogP contribution in [-0.2, 0) is 0 Å². The van der Waals surface area contributed by atoms with Crippen LogP contribution in [0.3, 0.4) is 0 Å². The Morgan fingerprint density at radius 1 is 1.15 bits per heavy atom. The number of nitrogens with zero attached hydrogens (tertiary/aromatic N) is 4. The molecular formula is C19H22F2N4O2. The highest BCUT2D eigenvalue weighted by atomic mass is 19.2. The van der Waals surface area contributed by atoms with Crippen molar-refractivity contribution in [1.29, 1.82) is 0 Å². The standard InChI is InChI=1S/C19H22F2N4O2/c1-12(2)23-4-6-24(7-5-23)19(27)25-10-13(11-26)18(22-3)14-8-15(20)16(21)9-17(14)25/h8-12H,4-7H2,1-3H3. The highest BCUT2D eigenvalue weighted by Gasteiger charge is 2.25. The van der Waals surface area contributed by atoms with Crippen LogP contribution in [0.15, 0.2) is 23.3 Å². The molecule has 0 N–H and O–H groups in total. The number of piperazine rings is 1. The normalized spacial score (nSPS) is 16.4. The van der Waals surface area contributed by atoms with E-state index in [9.17, 15) is 18.4 Å². The Kier molecular flexibility index (Phi) is 5.36. The zero-order chi connectivity index (χ0) is 19.7. The van der Waals surface area contributed by atoms with Gasteiger partial charge in [0.1, 0.15) is 0 Å². The molecule has 0 saturated carbocycles. The van der Waals surface area contributed by atoms with Gasteiger partial charge in [-0.05, 0) is 19.9 Å². The third-order valence-corrected chi connectivity index (χ3v) is 4.97. The Labute approximate surface area is 155 Å². The van der Waals surface area contributed by atoms with Crippen LogP contribution < -0.4 is 5.36 Å². The van der Waals surface area contributed by atoms with Gasteiger partial charge in [0.15, 0.2) is 17.9 Å². The molecule has 144 valence electrons. The predicted octanol–water partition coefficient (Wildman–Crippen LogP) is 2.26. The molecule has 27 heavy (non-hydrogen) atoms. The Morgan fingerprint density at radius 3 is 2.33 bits per heavy atom. The molecular weight excluding hydrogens is 354 g/mol. The van der Waals surface area contributed by atoms with Crippen molar-refractivity contribution in [3.63, 3.8) is 0 Å². The molecule has 1 aliphatic heterocycles. The minimum Gasteiger partial charge on any atom is -0.321 e. The van der Waals surface area contributed by atoms with Crippen molar-refractivity contribution in [3.8, 4) is 0 Å². The molecule has 1 fully saturated rings. The van der Waals surface area contributed by atoms with E-state index in [0.717, 1.165) is 25.2 Å². The predicted molar refractivity (Wildman–Crippen MR) is 97.8 cm³/mol. The number of fused-ring (bicyclic) bond motifs is 1. The molecule has 0 atom stereocenters. The molecule has 1 aromatic carbocycles. The first-order valence-corrected chi connectivity index (χ1v) is 8.83. The van der Waals surface area contributed by atoms with Gasteiger partial charge in [0.05, 0.1) is 16.4 Å². The van der Waals surface area contributed by atoms with Crippen LogP contribution in [0.1, 0.15) is 24.2 Å². The maximum Gasteiger partial charge on any atom is 0.328 e. The second kappa shape index (κ2) is 7.56. The number of benzene rings is 1. The Bertz CT molecular complexity index is 960. The van der Waals surface area contributed by atoms with Crippen LogP contribution in [0, 0.1) is 11.6 Å². The molecule has 0 bridgehead atoms. The van der Waals surface area contributed by atoms with Gasteiger partial charge in [0.25, 0.3) is 0 Å². The largest absolute Gasteiger partial charge is 0.328 e. The van der Waals surface area contributed by atoms with E-state index in [4.69, 9.17) is 0 Å². The fourth-order valence-electron chi connectivity index (χ4n) is 3.43. The number of aromatic nitrogens is 1. The average molecular weight is 376 g/mol. The van der Waals surface area contributed by atoms with Crippen molar-refractivity contribution in [1.82, 2.24) is 14.4 Å². The van der Waals surface area contributed by atoms with Crippen LogP contribution in [0.2, 0.25) is 0 Å². The Hall–Kier alpha value is -2.61. The van der Waals surface area contributed by atoms with Gasteiger partial charge in [-0.2, -0.15) is 0 Å². The van der Waals surface area contributed by atoms with E-state index in [-0.39, 0.29) is 27.9 Å². The summed E-state index contributed by atoms with van der Waals surface area (Å²) in [6.07, 6.45) is 1.90. The van der Waals surface area contributed by atoms with Crippen molar-refractivity contribution < 1.29 is 18.4 Å². The third-order valence-electron chi connectivity index (χ3n) is 4.97. The molecule has 1 aliphatic rings. The number of carbonyl (C=O) groups excluding carboxylic acids is 2. The van der Waals surface area contributed by atoms with Crippen LogP contribution >= 0.6 is 0 Å². The number of hydrogen-bond donors (Lipinski definition) is 0. The summed E-state index contributed by atoms with van der Waals surface area (Å²) in [5.74, 6) is -2.12. The van der Waals surface area contributed by atoms with Gasteiger partial charge in [-0.15, -0.1) is 0 Å². The maximum absolute atomic E-state index is 13.9. The number of aldehydes is 1.